The molecule has 0 aliphatic heterocycles. The molecule has 2 nitrogen and oxygen atoms in total. The minimum absolute atomic E-state index is 0.165. The third kappa shape index (κ3) is 2.80. The number of fused-ring (bicyclic) bond motifs is 3. The van der Waals surface area contributed by atoms with Crippen molar-refractivity contribution >= 4 is 55.4 Å². The van der Waals surface area contributed by atoms with E-state index in [9.17, 15) is 4.79 Å². The lowest BCUT2D eigenvalue weighted by Gasteiger charge is -2.08. The van der Waals surface area contributed by atoms with Gasteiger partial charge in [-0.15, -0.1) is 11.3 Å². The van der Waals surface area contributed by atoms with E-state index >= 15 is 0 Å². The number of rotatable bonds is 2. The quantitative estimate of drug-likeness (QED) is 0.427. The summed E-state index contributed by atoms with van der Waals surface area (Å²) in [6.45, 7) is 4.02. The van der Waals surface area contributed by atoms with Crippen molar-refractivity contribution in [1.29, 1.82) is 0 Å². The number of halogens is 1. The second-order valence-corrected chi connectivity index (χ2v) is 7.61. The van der Waals surface area contributed by atoms with E-state index in [0.29, 0.717) is 9.90 Å². The van der Waals surface area contributed by atoms with Crippen LogP contribution >= 0.6 is 22.9 Å². The second kappa shape index (κ2) is 6.17. The normalized spacial score (nSPS) is 11.2. The van der Waals surface area contributed by atoms with Gasteiger partial charge < -0.3 is 5.32 Å². The van der Waals surface area contributed by atoms with Gasteiger partial charge in [0.15, 0.2) is 0 Å². The molecule has 0 aliphatic carbocycles. The van der Waals surface area contributed by atoms with Gasteiger partial charge in [-0.3, -0.25) is 4.79 Å². The summed E-state index contributed by atoms with van der Waals surface area (Å²) < 4.78 is 1.02. The summed E-state index contributed by atoms with van der Waals surface area (Å²) in [6, 6.07) is 18.2. The number of hydrogen-bond donors (Lipinski definition) is 1. The number of nitrogens with one attached hydrogen (secondary N) is 1. The van der Waals surface area contributed by atoms with Crippen molar-refractivity contribution in [2.75, 3.05) is 5.32 Å². The molecule has 3 aromatic carbocycles. The van der Waals surface area contributed by atoms with E-state index in [4.69, 9.17) is 11.6 Å². The van der Waals surface area contributed by atoms with Gasteiger partial charge in [-0.2, -0.15) is 0 Å². The number of carbonyl (C=O) groups excluding carboxylic acids is 1. The predicted octanol–water partition coefficient (Wildman–Crippen LogP) is 6.58. The molecule has 0 spiro atoms. The van der Waals surface area contributed by atoms with Gasteiger partial charge in [0, 0.05) is 15.8 Å². The van der Waals surface area contributed by atoms with Crippen molar-refractivity contribution in [3.05, 3.63) is 75.6 Å². The molecule has 4 heteroatoms. The molecule has 0 radical (unpaired) electrons. The number of aryl methyl sites for hydroxylation is 2. The molecule has 4 rings (SSSR count). The molecule has 0 bridgehead atoms. The number of carbonyl (C=O) groups is 1. The van der Waals surface area contributed by atoms with Crippen LogP contribution in [0.15, 0.2) is 54.6 Å². The van der Waals surface area contributed by atoms with Crippen molar-refractivity contribution < 1.29 is 4.79 Å². The lowest BCUT2D eigenvalue weighted by molar-refractivity contribution is 0.103. The fourth-order valence-corrected chi connectivity index (χ4v) is 4.58. The summed E-state index contributed by atoms with van der Waals surface area (Å²) in [4.78, 5) is 13.3. The zero-order valence-corrected chi connectivity index (χ0v) is 15.5. The van der Waals surface area contributed by atoms with E-state index in [2.05, 4.69) is 23.5 Å². The Labute approximate surface area is 155 Å². The molecular formula is C21H16ClNOS. The van der Waals surface area contributed by atoms with Crippen LogP contribution in [0.1, 0.15) is 20.8 Å². The number of amides is 1. The first kappa shape index (κ1) is 16.1. The average Bonchev–Trinajstić information content (AvgIpc) is 2.95. The maximum absolute atomic E-state index is 12.8. The lowest BCUT2D eigenvalue weighted by atomic mass is 10.1. The Kier molecular flexibility index (Phi) is 3.98. The van der Waals surface area contributed by atoms with Gasteiger partial charge in [0.1, 0.15) is 4.88 Å². The fourth-order valence-electron chi connectivity index (χ4n) is 3.11. The van der Waals surface area contributed by atoms with Crippen LogP contribution in [0.25, 0.3) is 20.9 Å². The SMILES string of the molecule is Cc1ccc(NC(=O)c2sc3ccc4ccccc4c3c2Cl)c(C)c1. The molecule has 0 saturated heterocycles. The number of benzene rings is 3. The van der Waals surface area contributed by atoms with E-state index < -0.39 is 0 Å². The molecule has 0 atom stereocenters. The Hall–Kier alpha value is -2.36. The Morgan fingerprint density at radius 2 is 1.84 bits per heavy atom. The molecule has 0 aliphatic rings. The lowest BCUT2D eigenvalue weighted by Crippen LogP contribution is -2.11. The van der Waals surface area contributed by atoms with E-state index in [1.165, 1.54) is 16.9 Å². The van der Waals surface area contributed by atoms with Gasteiger partial charge in [0.25, 0.3) is 5.91 Å². The van der Waals surface area contributed by atoms with Crippen LogP contribution in [-0.4, -0.2) is 5.91 Å². The summed E-state index contributed by atoms with van der Waals surface area (Å²) >= 11 is 8.04. The first-order valence-corrected chi connectivity index (χ1v) is 9.22. The van der Waals surface area contributed by atoms with E-state index in [0.717, 1.165) is 32.1 Å². The van der Waals surface area contributed by atoms with Gasteiger partial charge in [0.05, 0.1) is 5.02 Å². The smallest absolute Gasteiger partial charge is 0.267 e. The topological polar surface area (TPSA) is 29.1 Å². The monoisotopic (exact) mass is 365 g/mol. The molecule has 1 N–H and O–H groups in total. The molecular weight excluding hydrogens is 350 g/mol. The van der Waals surface area contributed by atoms with Gasteiger partial charge in [0.2, 0.25) is 0 Å². The highest BCUT2D eigenvalue weighted by Gasteiger charge is 2.19. The summed E-state index contributed by atoms with van der Waals surface area (Å²) in [7, 11) is 0. The van der Waals surface area contributed by atoms with Crippen molar-refractivity contribution in [2.24, 2.45) is 0 Å². The van der Waals surface area contributed by atoms with Crippen molar-refractivity contribution in [2.45, 2.75) is 13.8 Å². The summed E-state index contributed by atoms with van der Waals surface area (Å²) in [5.74, 6) is -0.165. The predicted molar refractivity (Wildman–Crippen MR) is 108 cm³/mol. The van der Waals surface area contributed by atoms with E-state index in [1.807, 2.05) is 50.2 Å². The molecule has 1 aromatic heterocycles. The highest BCUT2D eigenvalue weighted by atomic mass is 35.5. The molecule has 4 aromatic rings. The maximum atomic E-state index is 12.8. The van der Waals surface area contributed by atoms with E-state index in [1.54, 1.807) is 0 Å². The highest BCUT2D eigenvalue weighted by Crippen LogP contribution is 2.40. The minimum Gasteiger partial charge on any atom is -0.321 e. The van der Waals surface area contributed by atoms with Crippen LogP contribution in [-0.2, 0) is 0 Å². The third-order valence-corrected chi connectivity index (χ3v) is 6.00. The molecule has 0 saturated carbocycles. The molecule has 1 amide bonds. The van der Waals surface area contributed by atoms with Crippen molar-refractivity contribution in [3.8, 4) is 0 Å². The largest absolute Gasteiger partial charge is 0.321 e. The third-order valence-electron chi connectivity index (χ3n) is 4.36. The second-order valence-electron chi connectivity index (χ2n) is 6.18. The van der Waals surface area contributed by atoms with Crippen LogP contribution in [0, 0.1) is 13.8 Å². The zero-order chi connectivity index (χ0) is 17.6. The maximum Gasteiger partial charge on any atom is 0.267 e. The number of anilines is 1. The van der Waals surface area contributed by atoms with E-state index in [-0.39, 0.29) is 5.91 Å². The van der Waals surface area contributed by atoms with Crippen molar-refractivity contribution in [1.82, 2.24) is 0 Å². The highest BCUT2D eigenvalue weighted by molar-refractivity contribution is 7.22. The Morgan fingerprint density at radius 3 is 2.64 bits per heavy atom. The first-order valence-electron chi connectivity index (χ1n) is 8.03. The van der Waals surface area contributed by atoms with Gasteiger partial charge >= 0.3 is 0 Å². The van der Waals surface area contributed by atoms with Crippen molar-refractivity contribution in [3.63, 3.8) is 0 Å². The first-order chi connectivity index (χ1) is 12.0. The zero-order valence-electron chi connectivity index (χ0n) is 13.9. The Bertz CT molecular complexity index is 1130. The fraction of sp³-hybridized carbons (Fsp3) is 0.0952. The van der Waals surface area contributed by atoms with Crippen LogP contribution < -0.4 is 5.32 Å². The average molecular weight is 366 g/mol. The summed E-state index contributed by atoms with van der Waals surface area (Å²) in [5, 5.41) is 6.67. The van der Waals surface area contributed by atoms with Gasteiger partial charge in [-0.05, 0) is 42.3 Å². The van der Waals surface area contributed by atoms with Gasteiger partial charge in [-0.1, -0.05) is 59.6 Å². The molecule has 1 heterocycles. The standard InChI is InChI=1S/C21H16ClNOS/c1-12-7-9-16(13(2)11-12)23-21(24)20-19(22)18-15-6-4-3-5-14(15)8-10-17(18)25-20/h3-11H,1-2H3,(H,23,24). The number of thiophene rings is 1. The Morgan fingerprint density at radius 1 is 1.04 bits per heavy atom. The summed E-state index contributed by atoms with van der Waals surface area (Å²) in [5.41, 5.74) is 3.02. The van der Waals surface area contributed by atoms with Crippen LogP contribution in [0.5, 0.6) is 0 Å². The Balaban J connectivity index is 1.80. The molecule has 124 valence electrons. The molecule has 25 heavy (non-hydrogen) atoms. The van der Waals surface area contributed by atoms with Crippen LogP contribution in [0.4, 0.5) is 5.69 Å². The number of hydrogen-bond acceptors (Lipinski definition) is 2. The molecule has 0 fully saturated rings. The summed E-state index contributed by atoms with van der Waals surface area (Å²) in [6.07, 6.45) is 0. The van der Waals surface area contributed by atoms with Crippen LogP contribution in [0.3, 0.4) is 0 Å². The van der Waals surface area contributed by atoms with Gasteiger partial charge in [-0.25, -0.2) is 0 Å². The molecule has 0 unspecified atom stereocenters. The minimum atomic E-state index is -0.165. The van der Waals surface area contributed by atoms with Crippen LogP contribution in [0.2, 0.25) is 5.02 Å².